The smallest absolute Gasteiger partial charge is 0.329 e. The van der Waals surface area contributed by atoms with Crippen LogP contribution in [0.15, 0.2) is 40.1 Å². The number of hydrogen-bond acceptors (Lipinski definition) is 5. The topological polar surface area (TPSA) is 85.7 Å². The fraction of sp³-hybridized carbons (Fsp3) is 0.545. The Bertz CT molecular complexity index is 1000. The Morgan fingerprint density at radius 1 is 1.03 bits per heavy atom. The van der Waals surface area contributed by atoms with Crippen LogP contribution in [0.5, 0.6) is 0 Å². The molecule has 0 spiro atoms. The van der Waals surface area contributed by atoms with Crippen LogP contribution in [0.2, 0.25) is 0 Å². The van der Waals surface area contributed by atoms with Crippen molar-refractivity contribution in [3.63, 3.8) is 0 Å². The highest BCUT2D eigenvalue weighted by Crippen LogP contribution is 2.36. The summed E-state index contributed by atoms with van der Waals surface area (Å²) in [5, 5.41) is 1.77. The number of thiophene rings is 1. The van der Waals surface area contributed by atoms with Crippen molar-refractivity contribution in [3.05, 3.63) is 41.5 Å². The Morgan fingerprint density at radius 2 is 1.74 bits per heavy atom. The van der Waals surface area contributed by atoms with E-state index in [1.54, 1.807) is 22.1 Å². The molecular formula is C22H27N3O4S2. The minimum absolute atomic E-state index is 0.0401. The fourth-order valence-electron chi connectivity index (χ4n) is 5.32. The number of hydrogen-bond donors (Lipinski definition) is 0. The molecule has 2 fully saturated rings. The number of carbonyl (C=O) groups excluding carboxylic acids is 2. The van der Waals surface area contributed by atoms with Gasteiger partial charge < -0.3 is 9.45 Å². The monoisotopic (exact) mass is 461 g/mol. The van der Waals surface area contributed by atoms with Gasteiger partial charge in [0.2, 0.25) is 4.21 Å². The van der Waals surface area contributed by atoms with Crippen LogP contribution in [0.25, 0.3) is 0 Å². The molecule has 1 aliphatic carbocycles. The first-order chi connectivity index (χ1) is 14.9. The standard InChI is InChI=1S/C22H27N3O4S2/c26-21(17-9-12-23(13-10-17)31(28,29)20-4-2-14-30-20)16-5-7-18(8-6-16)25-15-19-3-1-11-24(19)22(25)27/h1-4,11,14,16-18H,5-10,12-13,15H2. The molecule has 166 valence electrons. The first-order valence-electron chi connectivity index (χ1n) is 11.0. The largest absolute Gasteiger partial charge is 0.592 e. The summed E-state index contributed by atoms with van der Waals surface area (Å²) in [7, 11) is -3.43. The third-order valence-corrected chi connectivity index (χ3v) is 10.4. The molecule has 2 aromatic heterocycles. The van der Waals surface area contributed by atoms with Crippen molar-refractivity contribution in [1.29, 1.82) is 0 Å². The lowest BCUT2D eigenvalue weighted by atomic mass is 9.77. The van der Waals surface area contributed by atoms with E-state index in [1.807, 2.05) is 23.2 Å². The highest BCUT2D eigenvalue weighted by molar-refractivity contribution is 7.97. The van der Waals surface area contributed by atoms with Crippen molar-refractivity contribution in [2.24, 2.45) is 11.8 Å². The van der Waals surface area contributed by atoms with Crippen molar-refractivity contribution < 1.29 is 18.4 Å². The van der Waals surface area contributed by atoms with Gasteiger partial charge in [0.05, 0.1) is 6.54 Å². The second kappa shape index (κ2) is 8.27. The molecule has 2 aliphatic heterocycles. The third kappa shape index (κ3) is 3.82. The maximum Gasteiger partial charge on any atom is 0.329 e. The molecule has 3 aliphatic rings. The van der Waals surface area contributed by atoms with Crippen LogP contribution in [-0.2, 0) is 25.9 Å². The van der Waals surface area contributed by atoms with Crippen molar-refractivity contribution >= 4 is 33.6 Å². The summed E-state index contributed by atoms with van der Waals surface area (Å²) in [6.45, 7) is 1.48. The zero-order valence-corrected chi connectivity index (χ0v) is 19.0. The van der Waals surface area contributed by atoms with Crippen LogP contribution < -0.4 is 0 Å². The fourth-order valence-corrected chi connectivity index (χ4v) is 7.94. The molecule has 1 amide bonds. The van der Waals surface area contributed by atoms with E-state index in [-0.39, 0.29) is 23.9 Å². The Labute approximate surface area is 187 Å². The number of carbonyl (C=O) groups is 2. The van der Waals surface area contributed by atoms with Crippen LogP contribution in [0.4, 0.5) is 4.79 Å². The molecule has 4 heterocycles. The number of amides is 1. The molecule has 1 saturated carbocycles. The molecular weight excluding hydrogens is 434 g/mol. The highest BCUT2D eigenvalue weighted by Gasteiger charge is 2.40. The predicted molar refractivity (Wildman–Crippen MR) is 117 cm³/mol. The summed E-state index contributed by atoms with van der Waals surface area (Å²) < 4.78 is 29.0. The summed E-state index contributed by atoms with van der Waals surface area (Å²) in [5.74, 6) is 0.287. The van der Waals surface area contributed by atoms with E-state index in [2.05, 4.69) is 0 Å². The number of piperidine rings is 1. The molecule has 9 heteroatoms. The van der Waals surface area contributed by atoms with Crippen LogP contribution in [0.3, 0.4) is 0 Å². The van der Waals surface area contributed by atoms with Gasteiger partial charge in [0.1, 0.15) is 5.78 Å². The number of Topliss-reactive ketones (excluding diaryl/α,β-unsaturated/α-hetero) is 1. The van der Waals surface area contributed by atoms with Gasteiger partial charge in [-0.05, 0) is 62.1 Å². The summed E-state index contributed by atoms with van der Waals surface area (Å²) in [6.07, 6.45) is 6.37. The van der Waals surface area contributed by atoms with Crippen LogP contribution >= 0.6 is 11.3 Å². The Kier molecular flexibility index (Phi) is 5.62. The van der Waals surface area contributed by atoms with E-state index in [0.29, 0.717) is 42.5 Å². The Hall–Kier alpha value is -1.81. The quantitative estimate of drug-likeness (QED) is 0.634. The van der Waals surface area contributed by atoms with Crippen molar-refractivity contribution in [3.8, 4) is 0 Å². The minimum Gasteiger partial charge on any atom is -0.592 e. The van der Waals surface area contributed by atoms with Gasteiger partial charge in [-0.3, -0.25) is 9.36 Å². The lowest BCUT2D eigenvalue weighted by Crippen LogP contribution is -2.45. The van der Waals surface area contributed by atoms with E-state index in [0.717, 1.165) is 31.4 Å². The van der Waals surface area contributed by atoms with Gasteiger partial charge >= 0.3 is 6.03 Å². The summed E-state index contributed by atoms with van der Waals surface area (Å²) in [6, 6.07) is 7.52. The number of nitrogens with zero attached hydrogens (tertiary/aromatic N) is 3. The van der Waals surface area contributed by atoms with E-state index in [4.69, 9.17) is 0 Å². The lowest BCUT2D eigenvalue weighted by molar-refractivity contribution is -0.129. The Balaban J connectivity index is 1.13. The molecule has 0 radical (unpaired) electrons. The highest BCUT2D eigenvalue weighted by atomic mass is 32.3. The molecule has 0 N–H and O–H groups in total. The first kappa shape index (κ1) is 21.1. The molecule has 0 aromatic carbocycles. The minimum atomic E-state index is -3.43. The van der Waals surface area contributed by atoms with Crippen LogP contribution in [0, 0.1) is 11.8 Å². The van der Waals surface area contributed by atoms with E-state index in [1.165, 1.54) is 15.6 Å². The summed E-state index contributed by atoms with van der Waals surface area (Å²) in [5.41, 5.74) is 1.03. The lowest BCUT2D eigenvalue weighted by Gasteiger charge is -2.36. The van der Waals surface area contributed by atoms with Gasteiger partial charge in [-0.15, -0.1) is 4.31 Å². The molecule has 0 bridgehead atoms. The van der Waals surface area contributed by atoms with E-state index in [9.17, 15) is 18.4 Å². The first-order valence-corrected chi connectivity index (χ1v) is 13.3. The van der Waals surface area contributed by atoms with Crippen molar-refractivity contribution in [1.82, 2.24) is 13.8 Å². The molecule has 2 aromatic rings. The third-order valence-electron chi connectivity index (χ3n) is 7.10. The van der Waals surface area contributed by atoms with Crippen LogP contribution in [0.1, 0.15) is 44.2 Å². The molecule has 1 unspecified atom stereocenters. The van der Waals surface area contributed by atoms with Crippen molar-refractivity contribution in [2.45, 2.75) is 55.3 Å². The average molecular weight is 462 g/mol. The summed E-state index contributed by atoms with van der Waals surface area (Å²) >= 11 is 1.23. The van der Waals surface area contributed by atoms with E-state index >= 15 is 0 Å². The second-order valence-corrected chi connectivity index (χ2v) is 11.9. The van der Waals surface area contributed by atoms with Crippen molar-refractivity contribution in [2.75, 3.05) is 13.1 Å². The van der Waals surface area contributed by atoms with Gasteiger partial charge in [0.25, 0.3) is 0 Å². The molecule has 5 rings (SSSR count). The van der Waals surface area contributed by atoms with Gasteiger partial charge in [-0.25, -0.2) is 4.79 Å². The second-order valence-electron chi connectivity index (χ2n) is 8.80. The van der Waals surface area contributed by atoms with E-state index < -0.39 is 10.4 Å². The van der Waals surface area contributed by atoms with Gasteiger partial charge in [-0.1, -0.05) is 15.5 Å². The molecule has 7 nitrogen and oxygen atoms in total. The average Bonchev–Trinajstić information content (AvgIpc) is 3.54. The maximum absolute atomic E-state index is 13.1. The number of fused-ring (bicyclic) bond motifs is 1. The summed E-state index contributed by atoms with van der Waals surface area (Å²) in [4.78, 5) is 27.7. The SMILES string of the molecule is O=C(C1CCC(N2Cc3cccn3C2=O)CC1)C1CCN([S+](=O)([O-])c2cccs2)CC1. The molecule has 1 atom stereocenters. The molecule has 1 saturated heterocycles. The maximum atomic E-state index is 13.1. The number of rotatable bonds is 5. The zero-order chi connectivity index (χ0) is 21.6. The zero-order valence-electron chi connectivity index (χ0n) is 17.4. The van der Waals surface area contributed by atoms with Gasteiger partial charge in [0, 0.05) is 48.9 Å². The van der Waals surface area contributed by atoms with Crippen LogP contribution in [-0.4, -0.2) is 49.3 Å². The van der Waals surface area contributed by atoms with Gasteiger partial charge in [-0.2, -0.15) is 0 Å². The normalized spacial score (nSPS) is 27.3. The number of ketones is 1. The predicted octanol–water partition coefficient (Wildman–Crippen LogP) is 3.78. The number of aromatic nitrogens is 1. The Morgan fingerprint density at radius 3 is 2.39 bits per heavy atom. The van der Waals surface area contributed by atoms with Gasteiger partial charge in [0.15, 0.2) is 10.4 Å². The molecule has 31 heavy (non-hydrogen) atoms. The number of sulfonamides is 1.